The molecule has 1 unspecified atom stereocenters. The average Bonchev–Trinajstić information content (AvgIpc) is 3.44. The summed E-state index contributed by atoms with van der Waals surface area (Å²) in [4.78, 5) is 38.0. The standard InChI is InChI=1S/C72H124O6/c1-4-7-10-13-16-18-20-22-24-26-28-29-30-31-32-33-34-35-36-37-38-39-40-41-42-43-45-46-48-50-52-54-56-59-62-65-71(74)77-68-69(67-76-70(73)64-61-58-15-12-9-6-3)78-72(75)66-63-60-57-55-53-51-49-47-44-27-25-23-21-19-17-14-11-8-5-2/h7,10,16-19,22-25,28-29,31-32,34-35,69H,4-6,8-9,11-15,20-21,26-27,30,33,36-68H2,1-3H3/b10-7-,18-16-,19-17-,24-22-,25-23-,29-28-,32-31-,35-34-. The molecule has 0 heterocycles. The third-order valence-corrected chi connectivity index (χ3v) is 14.3. The number of hydrogen-bond acceptors (Lipinski definition) is 6. The summed E-state index contributed by atoms with van der Waals surface area (Å²) in [5.74, 6) is -0.878. The summed E-state index contributed by atoms with van der Waals surface area (Å²) in [7, 11) is 0. The molecule has 448 valence electrons. The van der Waals surface area contributed by atoms with Crippen LogP contribution in [0.15, 0.2) is 97.2 Å². The van der Waals surface area contributed by atoms with Gasteiger partial charge in [0.1, 0.15) is 13.2 Å². The predicted octanol–water partition coefficient (Wildman–Crippen LogP) is 22.8. The van der Waals surface area contributed by atoms with Gasteiger partial charge in [0.2, 0.25) is 0 Å². The van der Waals surface area contributed by atoms with E-state index in [0.717, 1.165) is 103 Å². The number of ether oxygens (including phenoxy) is 3. The molecular weight excluding hydrogens is 961 g/mol. The van der Waals surface area contributed by atoms with Crippen LogP contribution in [0, 0.1) is 0 Å². The van der Waals surface area contributed by atoms with E-state index in [2.05, 4.69) is 118 Å². The Labute approximate surface area is 483 Å². The molecule has 0 aromatic rings. The summed E-state index contributed by atoms with van der Waals surface area (Å²) < 4.78 is 16.8. The number of allylic oxidation sites excluding steroid dienone is 16. The first-order chi connectivity index (χ1) is 38.5. The van der Waals surface area contributed by atoms with Crippen LogP contribution < -0.4 is 0 Å². The van der Waals surface area contributed by atoms with E-state index in [1.54, 1.807) is 0 Å². The van der Waals surface area contributed by atoms with E-state index in [-0.39, 0.29) is 31.1 Å². The Morgan fingerprint density at radius 1 is 0.269 bits per heavy atom. The largest absolute Gasteiger partial charge is 0.462 e. The second-order valence-electron chi connectivity index (χ2n) is 22.0. The van der Waals surface area contributed by atoms with Gasteiger partial charge in [-0.05, 0) is 103 Å². The van der Waals surface area contributed by atoms with Gasteiger partial charge < -0.3 is 14.2 Å². The van der Waals surface area contributed by atoms with Crippen LogP contribution in [0.25, 0.3) is 0 Å². The van der Waals surface area contributed by atoms with Crippen molar-refractivity contribution in [3.8, 4) is 0 Å². The number of hydrogen-bond donors (Lipinski definition) is 0. The van der Waals surface area contributed by atoms with Gasteiger partial charge >= 0.3 is 17.9 Å². The monoisotopic (exact) mass is 1080 g/mol. The van der Waals surface area contributed by atoms with Crippen LogP contribution >= 0.6 is 0 Å². The molecule has 0 aliphatic carbocycles. The molecule has 0 aromatic carbocycles. The lowest BCUT2D eigenvalue weighted by Crippen LogP contribution is -2.30. The first-order valence-corrected chi connectivity index (χ1v) is 33.2. The lowest BCUT2D eigenvalue weighted by molar-refractivity contribution is -0.167. The molecule has 0 fully saturated rings. The molecule has 6 heteroatoms. The minimum absolute atomic E-state index is 0.0754. The number of unbranched alkanes of at least 4 members (excludes halogenated alkanes) is 33. The summed E-state index contributed by atoms with van der Waals surface area (Å²) in [5, 5.41) is 0. The average molecular weight is 1090 g/mol. The predicted molar refractivity (Wildman–Crippen MR) is 339 cm³/mol. The topological polar surface area (TPSA) is 78.9 Å². The van der Waals surface area contributed by atoms with Crippen molar-refractivity contribution in [2.45, 2.75) is 329 Å². The number of carbonyl (C=O) groups is 3. The molecule has 0 saturated carbocycles. The van der Waals surface area contributed by atoms with E-state index in [4.69, 9.17) is 14.2 Å². The molecule has 0 saturated heterocycles. The highest BCUT2D eigenvalue weighted by atomic mass is 16.6. The van der Waals surface area contributed by atoms with Crippen molar-refractivity contribution in [1.82, 2.24) is 0 Å². The Kier molecular flexibility index (Phi) is 62.7. The van der Waals surface area contributed by atoms with Crippen molar-refractivity contribution in [2.75, 3.05) is 13.2 Å². The fourth-order valence-corrected chi connectivity index (χ4v) is 9.36. The van der Waals surface area contributed by atoms with Crippen molar-refractivity contribution < 1.29 is 28.6 Å². The highest BCUT2D eigenvalue weighted by Gasteiger charge is 2.19. The van der Waals surface area contributed by atoms with Gasteiger partial charge in [-0.25, -0.2) is 0 Å². The Bertz CT molecular complexity index is 1530. The first kappa shape index (κ1) is 74.3. The third kappa shape index (κ3) is 63.2. The molecule has 0 N–H and O–H groups in total. The maximum absolute atomic E-state index is 12.8. The number of rotatable bonds is 60. The molecule has 1 atom stereocenters. The van der Waals surface area contributed by atoms with E-state index in [9.17, 15) is 14.4 Å². The molecule has 0 rings (SSSR count). The highest BCUT2D eigenvalue weighted by Crippen LogP contribution is 2.17. The van der Waals surface area contributed by atoms with Gasteiger partial charge in [-0.2, -0.15) is 0 Å². The van der Waals surface area contributed by atoms with E-state index < -0.39 is 6.10 Å². The van der Waals surface area contributed by atoms with Gasteiger partial charge in [-0.1, -0.05) is 298 Å². The third-order valence-electron chi connectivity index (χ3n) is 14.3. The van der Waals surface area contributed by atoms with E-state index in [1.165, 1.54) is 180 Å². The summed E-state index contributed by atoms with van der Waals surface area (Å²) in [6, 6.07) is 0. The van der Waals surface area contributed by atoms with Crippen LogP contribution in [0.1, 0.15) is 323 Å². The molecule has 78 heavy (non-hydrogen) atoms. The second kappa shape index (κ2) is 65.8. The zero-order valence-electron chi connectivity index (χ0n) is 51.4. The normalized spacial score (nSPS) is 12.7. The van der Waals surface area contributed by atoms with Gasteiger partial charge in [0.05, 0.1) is 0 Å². The smallest absolute Gasteiger partial charge is 0.306 e. The van der Waals surface area contributed by atoms with E-state index >= 15 is 0 Å². The van der Waals surface area contributed by atoms with Gasteiger partial charge in [0, 0.05) is 19.3 Å². The Morgan fingerprint density at radius 2 is 0.500 bits per heavy atom. The zero-order chi connectivity index (χ0) is 56.4. The van der Waals surface area contributed by atoms with Crippen LogP contribution in [-0.4, -0.2) is 37.2 Å². The van der Waals surface area contributed by atoms with Crippen LogP contribution in [0.5, 0.6) is 0 Å². The SMILES string of the molecule is CC/C=C\C/C=C\C/C=C\C/C=C\C/C=C\C/C=C\CCCCCCCCCCCCCCCCCCC(=O)OCC(COC(=O)CCCCCCCC)OC(=O)CCCCCCCCCCC/C=C\C/C=C\CCCCC. The minimum Gasteiger partial charge on any atom is -0.462 e. The van der Waals surface area contributed by atoms with Crippen molar-refractivity contribution in [1.29, 1.82) is 0 Å². The van der Waals surface area contributed by atoms with Crippen LogP contribution in [0.4, 0.5) is 0 Å². The first-order valence-electron chi connectivity index (χ1n) is 33.2. The second-order valence-corrected chi connectivity index (χ2v) is 22.0. The summed E-state index contributed by atoms with van der Waals surface area (Å²) in [6.07, 6.45) is 88.9. The molecule has 0 radical (unpaired) electrons. The molecule has 6 nitrogen and oxygen atoms in total. The summed E-state index contributed by atoms with van der Waals surface area (Å²) in [6.45, 7) is 6.46. The fourth-order valence-electron chi connectivity index (χ4n) is 9.36. The van der Waals surface area contributed by atoms with Gasteiger partial charge in [0.15, 0.2) is 6.10 Å². The van der Waals surface area contributed by atoms with E-state index in [1.807, 2.05) is 0 Å². The maximum atomic E-state index is 12.8. The van der Waals surface area contributed by atoms with Crippen LogP contribution in [0.2, 0.25) is 0 Å². The molecule has 0 aliphatic heterocycles. The van der Waals surface area contributed by atoms with Crippen molar-refractivity contribution >= 4 is 17.9 Å². The summed E-state index contributed by atoms with van der Waals surface area (Å²) >= 11 is 0. The quantitative estimate of drug-likeness (QED) is 0.0261. The van der Waals surface area contributed by atoms with Crippen molar-refractivity contribution in [3.63, 3.8) is 0 Å². The fraction of sp³-hybridized carbons (Fsp3) is 0.736. The number of esters is 3. The summed E-state index contributed by atoms with van der Waals surface area (Å²) in [5.41, 5.74) is 0. The molecule has 0 spiro atoms. The maximum Gasteiger partial charge on any atom is 0.306 e. The molecule has 0 aliphatic rings. The van der Waals surface area contributed by atoms with Crippen molar-refractivity contribution in [2.24, 2.45) is 0 Å². The lowest BCUT2D eigenvalue weighted by Gasteiger charge is -2.18. The molecule has 0 amide bonds. The molecular formula is C72H124O6. The minimum atomic E-state index is -0.775. The Morgan fingerprint density at radius 3 is 0.808 bits per heavy atom. The Balaban J connectivity index is 3.99. The van der Waals surface area contributed by atoms with Gasteiger partial charge in [0.25, 0.3) is 0 Å². The van der Waals surface area contributed by atoms with Gasteiger partial charge in [-0.3, -0.25) is 14.4 Å². The zero-order valence-corrected chi connectivity index (χ0v) is 51.4. The molecule has 0 bridgehead atoms. The highest BCUT2D eigenvalue weighted by molar-refractivity contribution is 5.71. The van der Waals surface area contributed by atoms with Crippen LogP contribution in [0.3, 0.4) is 0 Å². The van der Waals surface area contributed by atoms with E-state index in [0.29, 0.717) is 19.3 Å². The van der Waals surface area contributed by atoms with Crippen LogP contribution in [-0.2, 0) is 28.6 Å². The van der Waals surface area contributed by atoms with Gasteiger partial charge in [-0.15, -0.1) is 0 Å². The number of carbonyl (C=O) groups excluding carboxylic acids is 3. The lowest BCUT2D eigenvalue weighted by atomic mass is 10.0. The van der Waals surface area contributed by atoms with Crippen molar-refractivity contribution in [3.05, 3.63) is 97.2 Å². The Hall–Kier alpha value is -3.67. The molecule has 0 aromatic heterocycles.